The minimum atomic E-state index is -0.660. The van der Waals surface area contributed by atoms with Crippen LogP contribution in [0.4, 0.5) is 0 Å². The summed E-state index contributed by atoms with van der Waals surface area (Å²) >= 11 is 0. The third-order valence-corrected chi connectivity index (χ3v) is 3.45. The van der Waals surface area contributed by atoms with Gasteiger partial charge in [0.05, 0.1) is 25.2 Å². The summed E-state index contributed by atoms with van der Waals surface area (Å²) in [5.41, 5.74) is 11.3. The Balaban J connectivity index is 4.52. The average Bonchev–Trinajstić information content (AvgIpc) is 2.51. The number of carbonyl (C=O) groups is 3. The largest absolute Gasteiger partial charge is 0.466 e. The second-order valence-corrected chi connectivity index (χ2v) is 5.35. The molecular formula is C16H30N2O5. The highest BCUT2D eigenvalue weighted by Gasteiger charge is 2.26. The first-order valence-electron chi connectivity index (χ1n) is 8.26. The van der Waals surface area contributed by atoms with Crippen LogP contribution in [0.15, 0.2) is 0 Å². The van der Waals surface area contributed by atoms with Crippen molar-refractivity contribution in [2.45, 2.75) is 58.4 Å². The van der Waals surface area contributed by atoms with Crippen LogP contribution < -0.4 is 11.5 Å². The predicted molar refractivity (Wildman–Crippen MR) is 86.5 cm³/mol. The van der Waals surface area contributed by atoms with Crippen molar-refractivity contribution in [2.75, 3.05) is 19.8 Å². The van der Waals surface area contributed by atoms with Gasteiger partial charge in [-0.05, 0) is 39.7 Å². The highest BCUT2D eigenvalue weighted by atomic mass is 16.5. The van der Waals surface area contributed by atoms with E-state index in [0.717, 1.165) is 12.8 Å². The topological polar surface area (TPSA) is 122 Å². The molecule has 0 aromatic rings. The summed E-state index contributed by atoms with van der Waals surface area (Å²) in [6, 6.07) is -0.610. The maximum atomic E-state index is 12.1. The van der Waals surface area contributed by atoms with Gasteiger partial charge in [-0.2, -0.15) is 0 Å². The van der Waals surface area contributed by atoms with E-state index in [1.807, 2.05) is 0 Å². The summed E-state index contributed by atoms with van der Waals surface area (Å²) in [6.07, 6.45) is 2.42. The van der Waals surface area contributed by atoms with Crippen LogP contribution in [0.1, 0.15) is 52.4 Å². The normalized spacial score (nSPS) is 13.2. The third-order valence-electron chi connectivity index (χ3n) is 3.45. The summed E-state index contributed by atoms with van der Waals surface area (Å²) in [7, 11) is 0. The number of rotatable bonds is 13. The molecule has 0 saturated heterocycles. The highest BCUT2D eigenvalue weighted by Crippen LogP contribution is 2.17. The second-order valence-electron chi connectivity index (χ2n) is 5.35. The van der Waals surface area contributed by atoms with Crippen molar-refractivity contribution in [3.8, 4) is 0 Å². The molecule has 0 aromatic carbocycles. The maximum Gasteiger partial charge on any atom is 0.309 e. The maximum absolute atomic E-state index is 12.1. The van der Waals surface area contributed by atoms with Gasteiger partial charge in [-0.25, -0.2) is 0 Å². The minimum absolute atomic E-state index is 0.0119. The van der Waals surface area contributed by atoms with Crippen LogP contribution in [-0.4, -0.2) is 43.5 Å². The van der Waals surface area contributed by atoms with E-state index < -0.39 is 17.9 Å². The summed E-state index contributed by atoms with van der Waals surface area (Å²) in [5.74, 6) is -1.71. The van der Waals surface area contributed by atoms with Gasteiger partial charge in [-0.1, -0.05) is 6.42 Å². The number of Topliss-reactive ketones (excluding diaryl/α,β-unsaturated/α-hetero) is 1. The number of hydrogen-bond donors (Lipinski definition) is 2. The van der Waals surface area contributed by atoms with Crippen LogP contribution in [-0.2, 0) is 23.9 Å². The molecule has 0 rings (SSSR count). The van der Waals surface area contributed by atoms with Crippen LogP contribution >= 0.6 is 0 Å². The fourth-order valence-corrected chi connectivity index (χ4v) is 2.15. The smallest absolute Gasteiger partial charge is 0.309 e. The molecule has 0 aliphatic carbocycles. The molecule has 2 unspecified atom stereocenters. The molecular weight excluding hydrogens is 300 g/mol. The summed E-state index contributed by atoms with van der Waals surface area (Å²) in [4.78, 5) is 35.5. The number of carbonyl (C=O) groups excluding carboxylic acids is 3. The van der Waals surface area contributed by atoms with Crippen molar-refractivity contribution in [1.82, 2.24) is 0 Å². The van der Waals surface area contributed by atoms with E-state index in [0.29, 0.717) is 13.0 Å². The molecule has 0 bridgehead atoms. The highest BCUT2D eigenvalue weighted by molar-refractivity contribution is 5.88. The van der Waals surface area contributed by atoms with Gasteiger partial charge in [-0.3, -0.25) is 14.4 Å². The van der Waals surface area contributed by atoms with E-state index >= 15 is 0 Å². The van der Waals surface area contributed by atoms with E-state index in [1.165, 1.54) is 0 Å². The molecule has 0 aliphatic rings. The molecule has 7 heteroatoms. The van der Waals surface area contributed by atoms with Gasteiger partial charge in [0.1, 0.15) is 5.78 Å². The molecule has 7 nitrogen and oxygen atoms in total. The van der Waals surface area contributed by atoms with Gasteiger partial charge < -0.3 is 20.9 Å². The van der Waals surface area contributed by atoms with Gasteiger partial charge >= 0.3 is 11.9 Å². The van der Waals surface area contributed by atoms with Crippen molar-refractivity contribution in [3.05, 3.63) is 0 Å². The zero-order chi connectivity index (χ0) is 17.7. The van der Waals surface area contributed by atoms with Crippen molar-refractivity contribution in [3.63, 3.8) is 0 Å². The SMILES string of the molecule is CCOC(=O)CCC(CC(=O)C(N)CCCCN)C(=O)OCC. The Hall–Kier alpha value is -1.47. The lowest BCUT2D eigenvalue weighted by Crippen LogP contribution is -2.34. The first-order valence-corrected chi connectivity index (χ1v) is 8.26. The number of unbranched alkanes of at least 4 members (excludes halogenated alkanes) is 1. The Bertz CT molecular complexity index is 373. The molecule has 0 spiro atoms. The zero-order valence-corrected chi connectivity index (χ0v) is 14.2. The van der Waals surface area contributed by atoms with Crippen LogP contribution in [0.2, 0.25) is 0 Å². The fraction of sp³-hybridized carbons (Fsp3) is 0.812. The molecule has 4 N–H and O–H groups in total. The number of ketones is 1. The Morgan fingerprint density at radius 3 is 2.22 bits per heavy atom. The number of ether oxygens (including phenoxy) is 2. The van der Waals surface area contributed by atoms with Crippen LogP contribution in [0, 0.1) is 5.92 Å². The lowest BCUT2D eigenvalue weighted by Gasteiger charge is -2.17. The second kappa shape index (κ2) is 13.0. The lowest BCUT2D eigenvalue weighted by atomic mass is 9.93. The summed E-state index contributed by atoms with van der Waals surface area (Å²) in [5, 5.41) is 0. The van der Waals surface area contributed by atoms with Crippen molar-refractivity contribution in [2.24, 2.45) is 17.4 Å². The number of nitrogens with two attached hydrogens (primary N) is 2. The molecule has 0 saturated carbocycles. The molecule has 0 heterocycles. The predicted octanol–water partition coefficient (Wildman–Crippen LogP) is 0.925. The van der Waals surface area contributed by atoms with Gasteiger partial charge in [-0.15, -0.1) is 0 Å². The monoisotopic (exact) mass is 330 g/mol. The molecule has 0 aliphatic heterocycles. The Morgan fingerprint density at radius 1 is 1.00 bits per heavy atom. The quantitative estimate of drug-likeness (QED) is 0.380. The Morgan fingerprint density at radius 2 is 1.65 bits per heavy atom. The minimum Gasteiger partial charge on any atom is -0.466 e. The molecule has 134 valence electrons. The first kappa shape index (κ1) is 21.5. The molecule has 0 amide bonds. The molecule has 0 aromatic heterocycles. The lowest BCUT2D eigenvalue weighted by molar-refractivity contribution is -0.151. The van der Waals surface area contributed by atoms with Gasteiger partial charge in [0.2, 0.25) is 0 Å². The van der Waals surface area contributed by atoms with Crippen LogP contribution in [0.5, 0.6) is 0 Å². The first-order chi connectivity index (χ1) is 11.0. The van der Waals surface area contributed by atoms with Crippen molar-refractivity contribution < 1.29 is 23.9 Å². The number of hydrogen-bond acceptors (Lipinski definition) is 7. The van der Waals surface area contributed by atoms with Crippen molar-refractivity contribution >= 4 is 17.7 Å². The van der Waals surface area contributed by atoms with E-state index in [4.69, 9.17) is 20.9 Å². The molecule has 23 heavy (non-hydrogen) atoms. The Kier molecular flexibility index (Phi) is 12.2. The van der Waals surface area contributed by atoms with Crippen LogP contribution in [0.3, 0.4) is 0 Å². The van der Waals surface area contributed by atoms with E-state index in [1.54, 1.807) is 13.8 Å². The fourth-order valence-electron chi connectivity index (χ4n) is 2.15. The number of esters is 2. The molecule has 0 fully saturated rings. The van der Waals surface area contributed by atoms with Gasteiger partial charge in [0.25, 0.3) is 0 Å². The van der Waals surface area contributed by atoms with Gasteiger partial charge in [0.15, 0.2) is 0 Å². The zero-order valence-electron chi connectivity index (χ0n) is 14.2. The third kappa shape index (κ3) is 10.0. The van der Waals surface area contributed by atoms with E-state index in [2.05, 4.69) is 0 Å². The molecule has 2 atom stereocenters. The van der Waals surface area contributed by atoms with Gasteiger partial charge in [0, 0.05) is 12.8 Å². The standard InChI is InChI=1S/C16H30N2O5/c1-3-22-15(20)9-8-12(16(21)23-4-2)11-14(19)13(18)7-5-6-10-17/h12-13H,3-11,17-18H2,1-2H3. The summed E-state index contributed by atoms with van der Waals surface area (Å²) < 4.78 is 9.81. The van der Waals surface area contributed by atoms with E-state index in [-0.39, 0.29) is 44.2 Å². The van der Waals surface area contributed by atoms with Crippen LogP contribution in [0.25, 0.3) is 0 Å². The van der Waals surface area contributed by atoms with Crippen molar-refractivity contribution in [1.29, 1.82) is 0 Å². The Labute approximate surface area is 138 Å². The van der Waals surface area contributed by atoms with E-state index in [9.17, 15) is 14.4 Å². The molecule has 0 radical (unpaired) electrons. The average molecular weight is 330 g/mol. The summed E-state index contributed by atoms with van der Waals surface area (Å²) in [6.45, 7) is 4.48.